The molecule has 6 heteroatoms. The molecule has 1 aromatic rings. The molecule has 23 heavy (non-hydrogen) atoms. The van der Waals surface area contributed by atoms with Crippen LogP contribution in [0, 0.1) is 11.3 Å². The molecule has 0 spiro atoms. The minimum atomic E-state index is -3.88. The first-order valence-corrected chi connectivity index (χ1v) is 9.10. The number of hydrogen-bond donors (Lipinski definition) is 0. The zero-order valence-electron chi connectivity index (χ0n) is 14.5. The monoisotopic (exact) mass is 336 g/mol. The van der Waals surface area contributed by atoms with Crippen LogP contribution in [0.15, 0.2) is 21.4 Å². The first-order valence-electron chi connectivity index (χ1n) is 7.66. The Bertz CT molecular complexity index is 742. The van der Waals surface area contributed by atoms with Crippen molar-refractivity contribution >= 4 is 15.9 Å². The highest BCUT2D eigenvalue weighted by Crippen LogP contribution is 2.31. The zero-order chi connectivity index (χ0) is 17.8. The number of hydrogen-bond acceptors (Lipinski definition) is 4. The van der Waals surface area contributed by atoms with Crippen LogP contribution in [-0.2, 0) is 14.8 Å². The van der Waals surface area contributed by atoms with Crippen molar-refractivity contribution in [2.75, 3.05) is 6.61 Å². The Balaban J connectivity index is 3.65. The van der Waals surface area contributed by atoms with Crippen LogP contribution in [0.1, 0.15) is 70.1 Å². The van der Waals surface area contributed by atoms with E-state index >= 15 is 0 Å². The van der Waals surface area contributed by atoms with E-state index in [1.807, 2.05) is 27.7 Å². The van der Waals surface area contributed by atoms with Gasteiger partial charge in [-0.2, -0.15) is 13.7 Å². The summed E-state index contributed by atoms with van der Waals surface area (Å²) in [5, 5.41) is 9.34. The van der Waals surface area contributed by atoms with Crippen molar-refractivity contribution < 1.29 is 13.2 Å². The van der Waals surface area contributed by atoms with E-state index < -0.39 is 10.0 Å². The van der Waals surface area contributed by atoms with Crippen LogP contribution in [0.5, 0.6) is 0 Å². The van der Waals surface area contributed by atoms with Crippen LogP contribution in [0.25, 0.3) is 0 Å². The molecule has 0 aliphatic heterocycles. The molecule has 5 nitrogen and oxygen atoms in total. The van der Waals surface area contributed by atoms with Gasteiger partial charge in [0, 0.05) is 6.92 Å². The average molecular weight is 336 g/mol. The summed E-state index contributed by atoms with van der Waals surface area (Å²) in [5.41, 5.74) is 1.81. The molecule has 0 heterocycles. The van der Waals surface area contributed by atoms with Gasteiger partial charge in [0.2, 0.25) is 0 Å². The Labute approximate surface area is 139 Å². The molecular weight excluding hydrogens is 312 g/mol. The van der Waals surface area contributed by atoms with E-state index in [0.29, 0.717) is 23.3 Å². The van der Waals surface area contributed by atoms with E-state index in [-0.39, 0.29) is 22.6 Å². The standard InChI is InChI=1S/C17H24N2O3S/c1-7-22-13(6)19-23(20,21)17-9-15(11(2)3)14(10-18)8-16(17)12(4)5/h8-9,11-12H,7H2,1-6H3. The number of benzene rings is 1. The van der Waals surface area contributed by atoms with Crippen molar-refractivity contribution in [2.24, 2.45) is 4.40 Å². The zero-order valence-corrected chi connectivity index (χ0v) is 15.4. The average Bonchev–Trinajstić information content (AvgIpc) is 2.45. The summed E-state index contributed by atoms with van der Waals surface area (Å²) in [5.74, 6) is 0.102. The Morgan fingerprint density at radius 2 is 1.78 bits per heavy atom. The maximum Gasteiger partial charge on any atom is 0.285 e. The van der Waals surface area contributed by atoms with Gasteiger partial charge in [0.15, 0.2) is 5.90 Å². The third kappa shape index (κ3) is 4.55. The van der Waals surface area contributed by atoms with Gasteiger partial charge in [-0.3, -0.25) is 0 Å². The first kappa shape index (κ1) is 19.2. The summed E-state index contributed by atoms with van der Waals surface area (Å²) in [6.45, 7) is 11.3. The van der Waals surface area contributed by atoms with E-state index in [2.05, 4.69) is 10.5 Å². The van der Waals surface area contributed by atoms with E-state index in [1.54, 1.807) is 19.1 Å². The van der Waals surface area contributed by atoms with Crippen molar-refractivity contribution in [1.29, 1.82) is 5.26 Å². The van der Waals surface area contributed by atoms with E-state index in [0.717, 1.165) is 0 Å². The fraction of sp³-hybridized carbons (Fsp3) is 0.529. The molecule has 0 atom stereocenters. The van der Waals surface area contributed by atoms with Gasteiger partial charge < -0.3 is 4.74 Å². The van der Waals surface area contributed by atoms with Crippen molar-refractivity contribution in [2.45, 2.75) is 58.3 Å². The molecular formula is C17H24N2O3S. The molecule has 0 N–H and O–H groups in total. The Morgan fingerprint density at radius 3 is 2.22 bits per heavy atom. The second kappa shape index (κ2) is 7.60. The number of rotatable bonds is 5. The van der Waals surface area contributed by atoms with Crippen LogP contribution in [0.2, 0.25) is 0 Å². The molecule has 0 bridgehead atoms. The maximum absolute atomic E-state index is 12.7. The molecule has 0 unspecified atom stereocenters. The Hall–Kier alpha value is -1.87. The highest BCUT2D eigenvalue weighted by Gasteiger charge is 2.23. The van der Waals surface area contributed by atoms with Crippen molar-refractivity contribution in [3.63, 3.8) is 0 Å². The highest BCUT2D eigenvalue weighted by atomic mass is 32.2. The van der Waals surface area contributed by atoms with Gasteiger partial charge >= 0.3 is 0 Å². The smallest absolute Gasteiger partial charge is 0.285 e. The lowest BCUT2D eigenvalue weighted by Gasteiger charge is -2.16. The molecule has 0 aliphatic rings. The molecule has 0 fully saturated rings. The van der Waals surface area contributed by atoms with Gasteiger partial charge in [-0.1, -0.05) is 27.7 Å². The molecule has 1 rings (SSSR count). The number of nitriles is 1. The van der Waals surface area contributed by atoms with Crippen LogP contribution in [-0.4, -0.2) is 20.9 Å². The lowest BCUT2D eigenvalue weighted by atomic mass is 9.92. The Morgan fingerprint density at radius 1 is 1.22 bits per heavy atom. The van der Waals surface area contributed by atoms with Gasteiger partial charge in [0.05, 0.1) is 23.1 Å². The summed E-state index contributed by atoms with van der Waals surface area (Å²) >= 11 is 0. The summed E-state index contributed by atoms with van der Waals surface area (Å²) in [6, 6.07) is 5.40. The highest BCUT2D eigenvalue weighted by molar-refractivity contribution is 7.90. The van der Waals surface area contributed by atoms with Crippen LogP contribution in [0.4, 0.5) is 0 Å². The van der Waals surface area contributed by atoms with Gasteiger partial charge in [0.25, 0.3) is 10.0 Å². The molecule has 0 aliphatic carbocycles. The maximum atomic E-state index is 12.7. The van der Waals surface area contributed by atoms with Crippen molar-refractivity contribution in [3.8, 4) is 6.07 Å². The van der Waals surface area contributed by atoms with Crippen LogP contribution in [0.3, 0.4) is 0 Å². The van der Waals surface area contributed by atoms with Gasteiger partial charge in [-0.15, -0.1) is 4.40 Å². The fourth-order valence-corrected chi connectivity index (χ4v) is 3.67. The second-order valence-electron chi connectivity index (χ2n) is 5.92. The predicted octanol–water partition coefficient (Wildman–Crippen LogP) is 3.95. The van der Waals surface area contributed by atoms with Gasteiger partial charge in [-0.05, 0) is 42.0 Å². The van der Waals surface area contributed by atoms with E-state index in [4.69, 9.17) is 4.74 Å². The topological polar surface area (TPSA) is 79.5 Å². The van der Waals surface area contributed by atoms with Gasteiger partial charge in [-0.25, -0.2) is 0 Å². The summed E-state index contributed by atoms with van der Waals surface area (Å²) in [4.78, 5) is 0.147. The lowest BCUT2D eigenvalue weighted by molar-refractivity contribution is 0.325. The summed E-state index contributed by atoms with van der Waals surface area (Å²) in [7, 11) is -3.88. The largest absolute Gasteiger partial charge is 0.481 e. The van der Waals surface area contributed by atoms with Crippen molar-refractivity contribution in [1.82, 2.24) is 0 Å². The first-order chi connectivity index (χ1) is 10.6. The summed E-state index contributed by atoms with van der Waals surface area (Å²) in [6.07, 6.45) is 0. The minimum absolute atomic E-state index is 0.0387. The predicted molar refractivity (Wildman–Crippen MR) is 91.3 cm³/mol. The lowest BCUT2D eigenvalue weighted by Crippen LogP contribution is -2.10. The molecule has 126 valence electrons. The third-order valence-corrected chi connectivity index (χ3v) is 4.83. The molecule has 1 aromatic carbocycles. The van der Waals surface area contributed by atoms with Crippen LogP contribution >= 0.6 is 0 Å². The molecule has 0 saturated carbocycles. The molecule has 0 saturated heterocycles. The SMILES string of the molecule is CCOC(C)=NS(=O)(=O)c1cc(C(C)C)c(C#N)cc1C(C)C. The third-order valence-electron chi connectivity index (χ3n) is 3.43. The van der Waals surface area contributed by atoms with Crippen LogP contribution < -0.4 is 0 Å². The normalized spacial score (nSPS) is 12.6. The number of nitrogens with zero attached hydrogens (tertiary/aromatic N) is 2. The number of ether oxygens (including phenoxy) is 1. The second-order valence-corrected chi connectivity index (χ2v) is 7.49. The minimum Gasteiger partial charge on any atom is -0.481 e. The quantitative estimate of drug-likeness (QED) is 0.602. The molecule has 0 aromatic heterocycles. The Kier molecular flexibility index (Phi) is 6.34. The number of sulfonamides is 1. The van der Waals surface area contributed by atoms with E-state index in [9.17, 15) is 13.7 Å². The van der Waals surface area contributed by atoms with E-state index in [1.165, 1.54) is 6.92 Å². The molecule has 0 amide bonds. The fourth-order valence-electron chi connectivity index (χ4n) is 2.32. The molecule has 0 radical (unpaired) electrons. The van der Waals surface area contributed by atoms with Crippen molar-refractivity contribution in [3.05, 3.63) is 28.8 Å². The van der Waals surface area contributed by atoms with Gasteiger partial charge in [0.1, 0.15) is 0 Å². The summed E-state index contributed by atoms with van der Waals surface area (Å²) < 4.78 is 34.2.